The van der Waals surface area contributed by atoms with Crippen molar-refractivity contribution in [1.82, 2.24) is 20.0 Å². The molecule has 4 atom stereocenters. The van der Waals surface area contributed by atoms with Crippen LogP contribution in [0.15, 0.2) is 12.3 Å². The molecule has 2 aliphatic heterocycles. The minimum atomic E-state index is -0.237. The lowest BCUT2D eigenvalue weighted by molar-refractivity contribution is 0.0517. The third kappa shape index (κ3) is 2.92. The number of amides is 2. The number of nitrogens with zero attached hydrogens (tertiary/aromatic N) is 3. The number of carbonyl (C=O) groups is 1. The number of hydrogen-bond acceptors (Lipinski definition) is 3. The summed E-state index contributed by atoms with van der Waals surface area (Å²) in [7, 11) is 0. The highest BCUT2D eigenvalue weighted by molar-refractivity contribution is 5.75. The van der Waals surface area contributed by atoms with Gasteiger partial charge in [0.15, 0.2) is 0 Å². The van der Waals surface area contributed by atoms with Crippen LogP contribution in [0.25, 0.3) is 0 Å². The Balaban J connectivity index is 1.47. The maximum absolute atomic E-state index is 13.0. The molecule has 4 rings (SSSR count). The van der Waals surface area contributed by atoms with Crippen molar-refractivity contribution in [2.45, 2.75) is 76.1 Å². The number of likely N-dealkylation sites (tertiary alicyclic amines) is 1. The molecule has 3 heterocycles. The van der Waals surface area contributed by atoms with Crippen LogP contribution in [0, 0.1) is 5.92 Å². The van der Waals surface area contributed by atoms with Crippen molar-refractivity contribution in [3.8, 4) is 0 Å². The summed E-state index contributed by atoms with van der Waals surface area (Å²) in [6, 6.07) is 2.31. The zero-order chi connectivity index (χ0) is 16.5. The number of aliphatic hydroxyl groups excluding tert-OH is 1. The van der Waals surface area contributed by atoms with Gasteiger partial charge in [-0.2, -0.15) is 5.10 Å². The van der Waals surface area contributed by atoms with Crippen LogP contribution in [-0.2, 0) is 6.54 Å². The fourth-order valence-electron chi connectivity index (χ4n) is 4.87. The first-order valence-corrected chi connectivity index (χ1v) is 9.51. The van der Waals surface area contributed by atoms with Gasteiger partial charge in [-0.05, 0) is 51.0 Å². The molecule has 2 amide bonds. The van der Waals surface area contributed by atoms with E-state index in [9.17, 15) is 9.90 Å². The summed E-state index contributed by atoms with van der Waals surface area (Å²) in [6.07, 6.45) is 9.87. The van der Waals surface area contributed by atoms with Gasteiger partial charge >= 0.3 is 6.03 Å². The van der Waals surface area contributed by atoms with Gasteiger partial charge < -0.3 is 15.3 Å². The lowest BCUT2D eigenvalue weighted by Crippen LogP contribution is -2.53. The minimum absolute atomic E-state index is 0.0402. The summed E-state index contributed by atoms with van der Waals surface area (Å²) in [6.45, 7) is 1.75. The molecule has 132 valence electrons. The molecule has 0 spiro atoms. The van der Waals surface area contributed by atoms with E-state index < -0.39 is 0 Å². The van der Waals surface area contributed by atoms with E-state index in [1.165, 1.54) is 0 Å². The number of rotatable bonds is 2. The number of hydrogen-bond donors (Lipinski definition) is 2. The molecule has 4 unspecified atom stereocenters. The van der Waals surface area contributed by atoms with E-state index in [2.05, 4.69) is 10.4 Å². The van der Waals surface area contributed by atoms with Crippen LogP contribution in [0.1, 0.15) is 63.1 Å². The fraction of sp³-hybridized carbons (Fsp3) is 0.778. The van der Waals surface area contributed by atoms with Crippen molar-refractivity contribution < 1.29 is 9.90 Å². The molecule has 1 saturated carbocycles. The SMILES string of the molecule is O=C(NC1CCCn2nccc21)N1CCCCC1C1CCCC1O. The summed E-state index contributed by atoms with van der Waals surface area (Å²) < 4.78 is 2.00. The van der Waals surface area contributed by atoms with E-state index in [1.807, 2.05) is 21.8 Å². The van der Waals surface area contributed by atoms with Gasteiger partial charge in [-0.1, -0.05) is 6.42 Å². The Hall–Kier alpha value is -1.56. The third-order valence-electron chi connectivity index (χ3n) is 6.10. The Morgan fingerprint density at radius 2 is 2.04 bits per heavy atom. The van der Waals surface area contributed by atoms with Gasteiger partial charge in [0, 0.05) is 31.2 Å². The lowest BCUT2D eigenvalue weighted by Gasteiger charge is -2.41. The van der Waals surface area contributed by atoms with Crippen LogP contribution in [0.2, 0.25) is 0 Å². The monoisotopic (exact) mass is 332 g/mol. The lowest BCUT2D eigenvalue weighted by atomic mass is 9.88. The van der Waals surface area contributed by atoms with Crippen molar-refractivity contribution in [3.63, 3.8) is 0 Å². The van der Waals surface area contributed by atoms with E-state index >= 15 is 0 Å². The second-order valence-corrected chi connectivity index (χ2v) is 7.54. The van der Waals surface area contributed by atoms with Crippen LogP contribution in [0.4, 0.5) is 4.79 Å². The molecule has 0 aromatic carbocycles. The highest BCUT2D eigenvalue weighted by Gasteiger charge is 2.39. The number of nitrogens with one attached hydrogen (secondary N) is 1. The molecule has 1 saturated heterocycles. The smallest absolute Gasteiger partial charge is 0.318 e. The molecule has 6 heteroatoms. The maximum Gasteiger partial charge on any atom is 0.318 e. The molecule has 1 aromatic rings. The Kier molecular flexibility index (Phi) is 4.48. The van der Waals surface area contributed by atoms with E-state index in [4.69, 9.17) is 0 Å². The fourth-order valence-corrected chi connectivity index (χ4v) is 4.87. The van der Waals surface area contributed by atoms with Crippen LogP contribution in [0.3, 0.4) is 0 Å². The molecule has 0 bridgehead atoms. The second-order valence-electron chi connectivity index (χ2n) is 7.54. The van der Waals surface area contributed by atoms with Gasteiger partial charge in [0.25, 0.3) is 0 Å². The van der Waals surface area contributed by atoms with Crippen molar-refractivity contribution in [3.05, 3.63) is 18.0 Å². The first-order valence-electron chi connectivity index (χ1n) is 9.51. The highest BCUT2D eigenvalue weighted by Crippen LogP contribution is 2.35. The summed E-state index contributed by atoms with van der Waals surface area (Å²) in [5.74, 6) is 0.257. The average Bonchev–Trinajstić information content (AvgIpc) is 3.24. The number of aromatic nitrogens is 2. The zero-order valence-corrected chi connectivity index (χ0v) is 14.2. The van der Waals surface area contributed by atoms with E-state index in [-0.39, 0.29) is 30.1 Å². The standard InChI is InChI=1S/C18H28N4O2/c23-17-8-3-5-13(17)15-7-1-2-11-21(15)18(24)20-14-6-4-12-22-16(14)9-10-19-22/h9-10,13-15,17,23H,1-8,11-12H2,(H,20,24). The number of carbonyl (C=O) groups excluding carboxylic acids is 1. The quantitative estimate of drug-likeness (QED) is 0.874. The Morgan fingerprint density at radius 1 is 1.12 bits per heavy atom. The summed E-state index contributed by atoms with van der Waals surface area (Å²) in [4.78, 5) is 15.0. The van der Waals surface area contributed by atoms with E-state index in [0.29, 0.717) is 0 Å². The van der Waals surface area contributed by atoms with Crippen LogP contribution in [-0.4, -0.2) is 44.5 Å². The van der Waals surface area contributed by atoms with Crippen molar-refractivity contribution in [1.29, 1.82) is 0 Å². The zero-order valence-electron chi connectivity index (χ0n) is 14.2. The molecular weight excluding hydrogens is 304 g/mol. The number of urea groups is 1. The van der Waals surface area contributed by atoms with Crippen LogP contribution >= 0.6 is 0 Å². The molecule has 1 aliphatic carbocycles. The molecule has 6 nitrogen and oxygen atoms in total. The Bertz CT molecular complexity index is 587. The van der Waals surface area contributed by atoms with E-state index in [0.717, 1.165) is 70.2 Å². The largest absolute Gasteiger partial charge is 0.393 e. The summed E-state index contributed by atoms with van der Waals surface area (Å²) in [5.41, 5.74) is 1.11. The molecule has 2 fully saturated rings. The van der Waals surface area contributed by atoms with Gasteiger partial charge in [-0.25, -0.2) is 4.79 Å². The van der Waals surface area contributed by atoms with Gasteiger partial charge in [-0.15, -0.1) is 0 Å². The van der Waals surface area contributed by atoms with Gasteiger partial charge in [0.2, 0.25) is 0 Å². The van der Waals surface area contributed by atoms with Crippen LogP contribution < -0.4 is 5.32 Å². The topological polar surface area (TPSA) is 70.4 Å². The van der Waals surface area contributed by atoms with Crippen molar-refractivity contribution in [2.24, 2.45) is 5.92 Å². The van der Waals surface area contributed by atoms with E-state index in [1.54, 1.807) is 0 Å². The predicted octanol–water partition coefficient (Wildman–Crippen LogP) is 2.44. The average molecular weight is 332 g/mol. The molecule has 3 aliphatic rings. The summed E-state index contributed by atoms with van der Waals surface area (Å²) in [5, 5.41) is 17.9. The predicted molar refractivity (Wildman–Crippen MR) is 90.4 cm³/mol. The summed E-state index contributed by atoms with van der Waals surface area (Å²) >= 11 is 0. The highest BCUT2D eigenvalue weighted by atomic mass is 16.3. The van der Waals surface area contributed by atoms with Gasteiger partial charge in [0.1, 0.15) is 0 Å². The molecule has 2 N–H and O–H groups in total. The number of aryl methyl sites for hydroxylation is 1. The second kappa shape index (κ2) is 6.75. The first-order chi connectivity index (χ1) is 11.7. The number of fused-ring (bicyclic) bond motifs is 1. The first kappa shape index (κ1) is 15.9. The number of aliphatic hydroxyl groups is 1. The third-order valence-corrected chi connectivity index (χ3v) is 6.10. The molecular formula is C18H28N4O2. The Morgan fingerprint density at radius 3 is 2.88 bits per heavy atom. The van der Waals surface area contributed by atoms with Crippen molar-refractivity contribution in [2.75, 3.05) is 6.54 Å². The minimum Gasteiger partial charge on any atom is -0.393 e. The Labute approximate surface area is 143 Å². The molecule has 24 heavy (non-hydrogen) atoms. The van der Waals surface area contributed by atoms with Crippen molar-refractivity contribution >= 4 is 6.03 Å². The molecule has 1 aromatic heterocycles. The normalized spacial score (nSPS) is 33.3. The molecule has 0 radical (unpaired) electrons. The number of piperidine rings is 1. The maximum atomic E-state index is 13.0. The van der Waals surface area contributed by atoms with Crippen LogP contribution in [0.5, 0.6) is 0 Å². The van der Waals surface area contributed by atoms with Gasteiger partial charge in [-0.3, -0.25) is 4.68 Å². The van der Waals surface area contributed by atoms with Gasteiger partial charge in [0.05, 0.1) is 17.8 Å².